The van der Waals surface area contributed by atoms with Crippen molar-refractivity contribution in [2.45, 2.75) is 13.5 Å². The Morgan fingerprint density at radius 2 is 1.93 bits per heavy atom. The molecule has 0 saturated carbocycles. The maximum atomic E-state index is 11.9. The Morgan fingerprint density at radius 1 is 1.14 bits per heavy atom. The number of hydrogen-bond donors (Lipinski definition) is 1. The van der Waals surface area contributed by atoms with Crippen molar-refractivity contribution in [3.8, 4) is 11.5 Å². The summed E-state index contributed by atoms with van der Waals surface area (Å²) in [7, 11) is -3.78. The maximum Gasteiger partial charge on any atom is 0.321 e. The zero-order valence-corrected chi connectivity index (χ0v) is 16.4. The van der Waals surface area contributed by atoms with Gasteiger partial charge in [0.25, 0.3) is 5.89 Å². The summed E-state index contributed by atoms with van der Waals surface area (Å²) >= 11 is 0. The number of ether oxygens (including phenoxy) is 1. The summed E-state index contributed by atoms with van der Waals surface area (Å²) in [6.45, 7) is 1.18. The summed E-state index contributed by atoms with van der Waals surface area (Å²) in [6, 6.07) is 16.5. The number of sulfonamides is 1. The number of hydrogen-bond acceptors (Lipinski definition) is 7. The highest BCUT2D eigenvalue weighted by Crippen LogP contribution is 2.19. The molecule has 29 heavy (non-hydrogen) atoms. The Bertz CT molecular complexity index is 1110. The zero-order valence-electron chi connectivity index (χ0n) is 15.6. The van der Waals surface area contributed by atoms with Gasteiger partial charge in [0.2, 0.25) is 15.9 Å². The number of carbonyl (C=O) groups excluding carboxylic acids is 1. The Balaban J connectivity index is 1.48. The van der Waals surface area contributed by atoms with Crippen LogP contribution in [0, 0.1) is 6.92 Å². The number of aryl methyl sites for hydroxylation is 1. The summed E-state index contributed by atoms with van der Waals surface area (Å²) in [4.78, 5) is 11.8. The minimum Gasteiger partial charge on any atom is -0.455 e. The first-order chi connectivity index (χ1) is 13.9. The van der Waals surface area contributed by atoms with Crippen molar-refractivity contribution >= 4 is 22.1 Å². The van der Waals surface area contributed by atoms with Crippen LogP contribution in [0.3, 0.4) is 0 Å². The summed E-state index contributed by atoms with van der Waals surface area (Å²) in [5.41, 5.74) is 2.52. The Morgan fingerprint density at radius 3 is 2.69 bits per heavy atom. The van der Waals surface area contributed by atoms with Crippen LogP contribution in [0.4, 0.5) is 0 Å². The van der Waals surface area contributed by atoms with E-state index in [0.29, 0.717) is 5.89 Å². The van der Waals surface area contributed by atoms with Gasteiger partial charge >= 0.3 is 5.97 Å². The molecule has 0 aliphatic rings. The monoisotopic (exact) mass is 413 g/mol. The van der Waals surface area contributed by atoms with Crippen molar-refractivity contribution in [2.75, 3.05) is 6.54 Å². The molecular weight excluding hydrogens is 394 g/mol. The first-order valence-corrected chi connectivity index (χ1v) is 10.2. The zero-order chi connectivity index (χ0) is 20.7. The van der Waals surface area contributed by atoms with Crippen molar-refractivity contribution in [3.05, 3.63) is 77.0 Å². The molecule has 8 nitrogen and oxygen atoms in total. The molecule has 1 N–H and O–H groups in total. The molecule has 9 heteroatoms. The van der Waals surface area contributed by atoms with Gasteiger partial charge in [-0.05, 0) is 30.7 Å². The molecule has 0 unspecified atom stereocenters. The fourth-order valence-corrected chi connectivity index (χ4v) is 3.09. The molecule has 0 saturated heterocycles. The van der Waals surface area contributed by atoms with Crippen molar-refractivity contribution in [1.29, 1.82) is 0 Å². The van der Waals surface area contributed by atoms with E-state index in [9.17, 15) is 13.2 Å². The number of rotatable bonds is 8. The van der Waals surface area contributed by atoms with Gasteiger partial charge in [-0.25, -0.2) is 13.1 Å². The molecule has 0 atom stereocenters. The number of nitrogens with one attached hydrogen (secondary N) is 1. The second-order valence-electron chi connectivity index (χ2n) is 6.11. The minimum absolute atomic E-state index is 0.113. The van der Waals surface area contributed by atoms with Crippen LogP contribution in [0.5, 0.6) is 0 Å². The highest BCUT2D eigenvalue weighted by Gasteiger charge is 2.13. The molecule has 3 rings (SSSR count). The molecule has 0 radical (unpaired) electrons. The van der Waals surface area contributed by atoms with Gasteiger partial charge in [-0.1, -0.05) is 48.0 Å². The summed E-state index contributed by atoms with van der Waals surface area (Å²) < 4.78 is 36.4. The Hall–Kier alpha value is -3.30. The van der Waals surface area contributed by atoms with Crippen molar-refractivity contribution in [3.63, 3.8) is 0 Å². The SMILES string of the molecule is Cc1cccc(-c2nnc(COC(=O)CNS(=O)(=O)/C=C/c3ccccc3)o2)c1. The smallest absolute Gasteiger partial charge is 0.321 e. The van der Waals surface area contributed by atoms with E-state index in [1.807, 2.05) is 37.3 Å². The molecule has 0 aliphatic carbocycles. The molecule has 0 bridgehead atoms. The molecule has 0 aliphatic heterocycles. The highest BCUT2D eigenvalue weighted by atomic mass is 32.2. The number of benzene rings is 2. The van der Waals surface area contributed by atoms with E-state index in [4.69, 9.17) is 9.15 Å². The lowest BCUT2D eigenvalue weighted by Gasteiger charge is -2.03. The second-order valence-corrected chi connectivity index (χ2v) is 7.76. The standard InChI is InChI=1S/C20H19N3O5S/c1-15-6-5-9-17(12-15)20-23-22-18(28-20)14-27-19(24)13-21-29(25,26)11-10-16-7-3-2-4-8-16/h2-12,21H,13-14H2,1H3/b11-10+. The predicted octanol–water partition coefficient (Wildman–Crippen LogP) is 2.68. The molecule has 3 aromatic rings. The van der Waals surface area contributed by atoms with E-state index in [1.54, 1.807) is 24.3 Å². The minimum atomic E-state index is -3.78. The van der Waals surface area contributed by atoms with Gasteiger partial charge in [-0.15, -0.1) is 10.2 Å². The Kier molecular flexibility index (Phi) is 6.53. The van der Waals surface area contributed by atoms with Crippen LogP contribution in [0.25, 0.3) is 17.5 Å². The average Bonchev–Trinajstić information content (AvgIpc) is 3.19. The fraction of sp³-hybridized carbons (Fsp3) is 0.150. The lowest BCUT2D eigenvalue weighted by Crippen LogP contribution is -2.29. The van der Waals surface area contributed by atoms with E-state index in [2.05, 4.69) is 14.9 Å². The first kappa shape index (κ1) is 20.4. The maximum absolute atomic E-state index is 11.9. The summed E-state index contributed by atoms with van der Waals surface area (Å²) in [6.07, 6.45) is 1.43. The van der Waals surface area contributed by atoms with E-state index < -0.39 is 22.5 Å². The summed E-state index contributed by atoms with van der Waals surface area (Å²) in [5, 5.41) is 8.73. The quantitative estimate of drug-likeness (QED) is 0.565. The van der Waals surface area contributed by atoms with Crippen molar-refractivity contribution < 1.29 is 22.4 Å². The predicted molar refractivity (Wildman–Crippen MR) is 107 cm³/mol. The molecular formula is C20H19N3O5S. The fourth-order valence-electron chi connectivity index (χ4n) is 2.34. The van der Waals surface area contributed by atoms with Crippen molar-refractivity contribution in [1.82, 2.24) is 14.9 Å². The van der Waals surface area contributed by atoms with Crippen LogP contribution in [-0.4, -0.2) is 31.1 Å². The van der Waals surface area contributed by atoms with Gasteiger partial charge in [-0.3, -0.25) is 4.79 Å². The van der Waals surface area contributed by atoms with E-state index in [-0.39, 0.29) is 12.5 Å². The number of esters is 1. The van der Waals surface area contributed by atoms with Gasteiger partial charge in [0.1, 0.15) is 6.54 Å². The largest absolute Gasteiger partial charge is 0.455 e. The van der Waals surface area contributed by atoms with Gasteiger partial charge < -0.3 is 9.15 Å². The normalized spacial score (nSPS) is 11.6. The molecule has 150 valence electrons. The number of carbonyl (C=O) groups is 1. The third-order valence-corrected chi connectivity index (χ3v) is 4.79. The molecule has 0 spiro atoms. The van der Waals surface area contributed by atoms with Gasteiger partial charge in [0, 0.05) is 11.0 Å². The molecule has 2 aromatic carbocycles. The lowest BCUT2D eigenvalue weighted by atomic mass is 10.1. The third-order valence-electron chi connectivity index (χ3n) is 3.75. The Labute approximate surface area is 168 Å². The van der Waals surface area contributed by atoms with Gasteiger partial charge in [-0.2, -0.15) is 0 Å². The molecule has 0 amide bonds. The highest BCUT2D eigenvalue weighted by molar-refractivity contribution is 7.92. The van der Waals surface area contributed by atoms with E-state index >= 15 is 0 Å². The molecule has 1 aromatic heterocycles. The topological polar surface area (TPSA) is 111 Å². The molecule has 0 fully saturated rings. The van der Waals surface area contributed by atoms with Crippen LogP contribution < -0.4 is 4.72 Å². The van der Waals surface area contributed by atoms with E-state index in [0.717, 1.165) is 22.1 Å². The van der Waals surface area contributed by atoms with Crippen LogP contribution in [-0.2, 0) is 26.2 Å². The third kappa shape index (κ3) is 6.37. The number of aromatic nitrogens is 2. The van der Waals surface area contributed by atoms with Crippen LogP contribution in [0.15, 0.2) is 64.4 Å². The van der Waals surface area contributed by atoms with Crippen molar-refractivity contribution in [2.24, 2.45) is 0 Å². The first-order valence-electron chi connectivity index (χ1n) is 8.69. The van der Waals surface area contributed by atoms with Crippen LogP contribution >= 0.6 is 0 Å². The number of nitrogens with zero attached hydrogens (tertiary/aromatic N) is 2. The van der Waals surface area contributed by atoms with Crippen LogP contribution in [0.2, 0.25) is 0 Å². The van der Waals surface area contributed by atoms with Gasteiger partial charge in [0.15, 0.2) is 6.61 Å². The van der Waals surface area contributed by atoms with Gasteiger partial charge in [0.05, 0.1) is 0 Å². The lowest BCUT2D eigenvalue weighted by molar-refractivity contribution is -0.144. The molecule has 1 heterocycles. The summed E-state index contributed by atoms with van der Waals surface area (Å²) in [5.74, 6) is -0.342. The van der Waals surface area contributed by atoms with Crippen LogP contribution in [0.1, 0.15) is 17.0 Å². The second kappa shape index (κ2) is 9.26. The average molecular weight is 413 g/mol. The van der Waals surface area contributed by atoms with E-state index in [1.165, 1.54) is 6.08 Å².